The summed E-state index contributed by atoms with van der Waals surface area (Å²) in [5, 5.41) is 13.4. The van der Waals surface area contributed by atoms with Crippen LogP contribution in [0.1, 0.15) is 11.3 Å². The van der Waals surface area contributed by atoms with Crippen LogP contribution >= 0.6 is 22.7 Å². The van der Waals surface area contributed by atoms with Gasteiger partial charge in [0, 0.05) is 5.38 Å². The molecule has 0 aliphatic heterocycles. The third-order valence-electron chi connectivity index (χ3n) is 1.94. The molecule has 15 heavy (non-hydrogen) atoms. The molecule has 0 unspecified atom stereocenters. The lowest BCUT2D eigenvalue weighted by Crippen LogP contribution is -1.99. The van der Waals surface area contributed by atoms with Crippen LogP contribution in [0, 0.1) is 6.92 Å². The van der Waals surface area contributed by atoms with Crippen LogP contribution < -0.4 is 0 Å². The van der Waals surface area contributed by atoms with E-state index in [0.29, 0.717) is 5.69 Å². The minimum Gasteiger partial charge on any atom is -0.481 e. The third kappa shape index (κ3) is 2.24. The minimum atomic E-state index is -0.838. The highest BCUT2D eigenvalue weighted by Gasteiger charge is 2.10. The number of aliphatic carboxylic acids is 1. The molecule has 5 heteroatoms. The molecule has 0 atom stereocenters. The minimum absolute atomic E-state index is 0.000916. The molecule has 0 aromatic carbocycles. The summed E-state index contributed by atoms with van der Waals surface area (Å²) in [6, 6.07) is 2.04. The first-order chi connectivity index (χ1) is 7.16. The Bertz CT molecular complexity index is 487. The molecule has 0 fully saturated rings. The number of carboxylic acid groups (broad SMARTS) is 1. The Labute approximate surface area is 95.0 Å². The van der Waals surface area contributed by atoms with Crippen molar-refractivity contribution < 1.29 is 9.90 Å². The highest BCUT2D eigenvalue weighted by Crippen LogP contribution is 2.31. The fourth-order valence-electron chi connectivity index (χ4n) is 1.24. The van der Waals surface area contributed by atoms with Crippen molar-refractivity contribution >= 4 is 28.6 Å². The van der Waals surface area contributed by atoms with Crippen LogP contribution in [0.2, 0.25) is 0 Å². The fourth-order valence-corrected chi connectivity index (χ4v) is 3.16. The summed E-state index contributed by atoms with van der Waals surface area (Å²) in [7, 11) is 0. The Hall–Kier alpha value is -1.20. The van der Waals surface area contributed by atoms with Crippen molar-refractivity contribution in [2.75, 3.05) is 0 Å². The zero-order chi connectivity index (χ0) is 10.8. The largest absolute Gasteiger partial charge is 0.481 e. The molecule has 3 nitrogen and oxygen atoms in total. The molecular formula is C10H9NO2S2. The Morgan fingerprint density at radius 1 is 1.53 bits per heavy atom. The SMILES string of the molecule is Cc1ccsc1-c1nc(CC(=O)O)cs1. The lowest BCUT2D eigenvalue weighted by Gasteiger charge is -1.92. The number of thiophene rings is 1. The molecule has 78 valence electrons. The molecule has 0 amide bonds. The van der Waals surface area contributed by atoms with E-state index in [4.69, 9.17) is 5.11 Å². The fraction of sp³-hybridized carbons (Fsp3) is 0.200. The summed E-state index contributed by atoms with van der Waals surface area (Å²) in [5.74, 6) is -0.838. The van der Waals surface area contributed by atoms with Crippen LogP contribution in [0.4, 0.5) is 0 Å². The topological polar surface area (TPSA) is 50.2 Å². The second kappa shape index (κ2) is 4.12. The second-order valence-electron chi connectivity index (χ2n) is 3.15. The third-order valence-corrected chi connectivity index (χ3v) is 4.00. The van der Waals surface area contributed by atoms with Crippen LogP contribution in [0.5, 0.6) is 0 Å². The van der Waals surface area contributed by atoms with Gasteiger partial charge in [-0.1, -0.05) is 0 Å². The van der Waals surface area contributed by atoms with Crippen molar-refractivity contribution in [1.82, 2.24) is 4.98 Å². The van der Waals surface area contributed by atoms with Gasteiger partial charge in [-0.15, -0.1) is 22.7 Å². The van der Waals surface area contributed by atoms with Crippen molar-refractivity contribution in [3.05, 3.63) is 28.1 Å². The maximum Gasteiger partial charge on any atom is 0.309 e. The number of rotatable bonds is 3. The number of aromatic nitrogens is 1. The molecule has 0 saturated carbocycles. The molecule has 2 aromatic heterocycles. The van der Waals surface area contributed by atoms with Crippen molar-refractivity contribution in [1.29, 1.82) is 0 Å². The molecule has 0 saturated heterocycles. The maximum atomic E-state index is 10.5. The molecule has 0 spiro atoms. The molecule has 0 radical (unpaired) electrons. The summed E-state index contributed by atoms with van der Waals surface area (Å²) in [6.07, 6.45) is 0.000916. The van der Waals surface area contributed by atoms with E-state index in [9.17, 15) is 4.79 Å². The Morgan fingerprint density at radius 2 is 2.33 bits per heavy atom. The Balaban J connectivity index is 2.28. The van der Waals surface area contributed by atoms with E-state index >= 15 is 0 Å². The van der Waals surface area contributed by atoms with Gasteiger partial charge in [0.1, 0.15) is 5.01 Å². The van der Waals surface area contributed by atoms with Crippen LogP contribution in [0.15, 0.2) is 16.8 Å². The van der Waals surface area contributed by atoms with Crippen molar-refractivity contribution in [2.24, 2.45) is 0 Å². The van der Waals surface area contributed by atoms with Gasteiger partial charge in [-0.05, 0) is 23.9 Å². The van der Waals surface area contributed by atoms with Gasteiger partial charge in [0.05, 0.1) is 17.0 Å². The van der Waals surface area contributed by atoms with E-state index in [2.05, 4.69) is 4.98 Å². The summed E-state index contributed by atoms with van der Waals surface area (Å²) in [6.45, 7) is 2.03. The number of hydrogen-bond acceptors (Lipinski definition) is 4. The van der Waals surface area contributed by atoms with Gasteiger partial charge < -0.3 is 5.11 Å². The van der Waals surface area contributed by atoms with Gasteiger partial charge in [0.15, 0.2) is 0 Å². The van der Waals surface area contributed by atoms with Crippen molar-refractivity contribution in [3.63, 3.8) is 0 Å². The van der Waals surface area contributed by atoms with Crippen LogP contribution in [-0.2, 0) is 11.2 Å². The van der Waals surface area contributed by atoms with Crippen LogP contribution in [0.3, 0.4) is 0 Å². The van der Waals surface area contributed by atoms with Gasteiger partial charge in [-0.2, -0.15) is 0 Å². The smallest absolute Gasteiger partial charge is 0.309 e. The average Bonchev–Trinajstić information content (AvgIpc) is 2.72. The van der Waals surface area contributed by atoms with Gasteiger partial charge >= 0.3 is 5.97 Å². The summed E-state index contributed by atoms with van der Waals surface area (Å²) in [5.41, 5.74) is 1.83. The second-order valence-corrected chi connectivity index (χ2v) is 4.92. The lowest BCUT2D eigenvalue weighted by atomic mass is 10.3. The Morgan fingerprint density at radius 3 is 2.93 bits per heavy atom. The molecule has 2 rings (SSSR count). The zero-order valence-corrected chi connectivity index (χ0v) is 9.69. The van der Waals surface area contributed by atoms with E-state index in [1.165, 1.54) is 16.9 Å². The molecule has 0 aliphatic rings. The monoisotopic (exact) mass is 239 g/mol. The number of carboxylic acids is 1. The molecular weight excluding hydrogens is 230 g/mol. The number of thiazole rings is 1. The average molecular weight is 239 g/mol. The van der Waals surface area contributed by atoms with Gasteiger partial charge in [0.2, 0.25) is 0 Å². The number of aryl methyl sites for hydroxylation is 1. The molecule has 0 aliphatic carbocycles. The van der Waals surface area contributed by atoms with E-state index < -0.39 is 5.97 Å². The molecule has 2 aromatic rings. The number of hydrogen-bond donors (Lipinski definition) is 1. The first-order valence-electron chi connectivity index (χ1n) is 4.37. The Kier molecular flexibility index (Phi) is 2.83. The van der Waals surface area contributed by atoms with Crippen LogP contribution in [0.25, 0.3) is 9.88 Å². The first-order valence-corrected chi connectivity index (χ1v) is 6.13. The van der Waals surface area contributed by atoms with Gasteiger partial charge in [0.25, 0.3) is 0 Å². The summed E-state index contributed by atoms with van der Waals surface area (Å²) >= 11 is 3.13. The maximum absolute atomic E-state index is 10.5. The van der Waals surface area contributed by atoms with Crippen LogP contribution in [-0.4, -0.2) is 16.1 Å². The predicted octanol–water partition coefficient (Wildman–Crippen LogP) is 2.81. The summed E-state index contributed by atoms with van der Waals surface area (Å²) in [4.78, 5) is 15.9. The number of nitrogens with zero attached hydrogens (tertiary/aromatic N) is 1. The lowest BCUT2D eigenvalue weighted by molar-refractivity contribution is -0.136. The van der Waals surface area contributed by atoms with Crippen molar-refractivity contribution in [3.8, 4) is 9.88 Å². The predicted molar refractivity (Wildman–Crippen MR) is 61.5 cm³/mol. The highest BCUT2D eigenvalue weighted by molar-refractivity contribution is 7.20. The quantitative estimate of drug-likeness (QED) is 0.896. The van der Waals surface area contributed by atoms with Crippen molar-refractivity contribution in [2.45, 2.75) is 13.3 Å². The zero-order valence-electron chi connectivity index (χ0n) is 8.06. The first kappa shape index (κ1) is 10.3. The molecule has 1 N–H and O–H groups in total. The normalized spacial score (nSPS) is 10.5. The summed E-state index contributed by atoms with van der Waals surface area (Å²) < 4.78 is 0. The van der Waals surface area contributed by atoms with Gasteiger partial charge in [-0.25, -0.2) is 4.98 Å². The molecule has 2 heterocycles. The van der Waals surface area contributed by atoms with Gasteiger partial charge in [-0.3, -0.25) is 4.79 Å². The van der Waals surface area contributed by atoms with E-state index in [-0.39, 0.29) is 6.42 Å². The standard InChI is InChI=1S/C10H9NO2S2/c1-6-2-3-14-9(6)10-11-7(5-15-10)4-8(12)13/h2-3,5H,4H2,1H3,(H,12,13). The number of carbonyl (C=O) groups is 1. The van der Waals surface area contributed by atoms with E-state index in [1.54, 1.807) is 11.3 Å². The van der Waals surface area contributed by atoms with E-state index in [1.807, 2.05) is 23.8 Å². The van der Waals surface area contributed by atoms with E-state index in [0.717, 1.165) is 9.88 Å². The highest BCUT2D eigenvalue weighted by atomic mass is 32.1. The molecule has 0 bridgehead atoms.